The van der Waals surface area contributed by atoms with Gasteiger partial charge in [0.05, 0.1) is 12.4 Å². The van der Waals surface area contributed by atoms with Crippen molar-refractivity contribution in [2.24, 2.45) is 0 Å². The van der Waals surface area contributed by atoms with Crippen molar-refractivity contribution in [2.45, 2.75) is 6.10 Å². The Bertz CT molecular complexity index is 556. The zero-order chi connectivity index (χ0) is 14.8. The predicted octanol–water partition coefficient (Wildman–Crippen LogP) is 0.951. The molecule has 0 saturated carbocycles. The van der Waals surface area contributed by atoms with Gasteiger partial charge >= 0.3 is 0 Å². The highest BCUT2D eigenvalue weighted by Gasteiger charge is 2.24. The molecule has 1 N–H and O–H groups in total. The minimum absolute atomic E-state index is 0.473. The lowest BCUT2D eigenvalue weighted by atomic mass is 10.1. The van der Waals surface area contributed by atoms with Crippen LogP contribution < -0.4 is 0 Å². The Balaban J connectivity index is 1.89. The van der Waals surface area contributed by atoms with E-state index in [0.717, 1.165) is 5.56 Å². The number of benzene rings is 1. The van der Waals surface area contributed by atoms with Crippen LogP contribution in [-0.2, 0) is 10.0 Å². The van der Waals surface area contributed by atoms with E-state index in [2.05, 4.69) is 4.90 Å². The molecule has 0 aliphatic carbocycles. The summed E-state index contributed by atoms with van der Waals surface area (Å²) in [6.07, 6.45) is 0.613. The second-order valence-electron chi connectivity index (χ2n) is 5.03. The highest BCUT2D eigenvalue weighted by atomic mass is 35.5. The van der Waals surface area contributed by atoms with E-state index in [4.69, 9.17) is 11.6 Å². The van der Waals surface area contributed by atoms with Crippen molar-refractivity contribution in [3.8, 4) is 0 Å². The molecule has 1 aromatic rings. The summed E-state index contributed by atoms with van der Waals surface area (Å²) in [5, 5.41) is 10.8. The van der Waals surface area contributed by atoms with E-state index in [1.54, 1.807) is 12.1 Å². The lowest BCUT2D eigenvalue weighted by Gasteiger charge is -2.34. The Morgan fingerprint density at radius 1 is 1.30 bits per heavy atom. The molecule has 7 heteroatoms. The van der Waals surface area contributed by atoms with Gasteiger partial charge in [-0.1, -0.05) is 23.7 Å². The molecule has 5 nitrogen and oxygen atoms in total. The Morgan fingerprint density at radius 3 is 2.50 bits per heavy atom. The minimum atomic E-state index is -3.11. The molecule has 1 heterocycles. The van der Waals surface area contributed by atoms with Gasteiger partial charge in [-0.05, 0) is 17.7 Å². The fraction of sp³-hybridized carbons (Fsp3) is 0.538. The summed E-state index contributed by atoms with van der Waals surface area (Å²) in [7, 11) is -3.11. The number of hydrogen-bond donors (Lipinski definition) is 1. The average molecular weight is 319 g/mol. The average Bonchev–Trinajstić information content (AvgIpc) is 2.38. The lowest BCUT2D eigenvalue weighted by molar-refractivity contribution is 0.0922. The first-order chi connectivity index (χ1) is 9.36. The zero-order valence-electron chi connectivity index (χ0n) is 11.4. The molecule has 1 aromatic carbocycles. The maximum Gasteiger partial charge on any atom is 0.211 e. The summed E-state index contributed by atoms with van der Waals surface area (Å²) in [6, 6.07) is 7.16. The van der Waals surface area contributed by atoms with Crippen LogP contribution in [0.25, 0.3) is 0 Å². The second kappa shape index (κ2) is 6.41. The Kier molecular flexibility index (Phi) is 5.04. The molecule has 0 aromatic heterocycles. The third kappa shape index (κ3) is 4.17. The van der Waals surface area contributed by atoms with Crippen LogP contribution in [0.15, 0.2) is 24.3 Å². The van der Waals surface area contributed by atoms with Crippen molar-refractivity contribution in [1.82, 2.24) is 9.21 Å². The number of nitrogens with zero attached hydrogens (tertiary/aromatic N) is 2. The molecule has 1 fully saturated rings. The van der Waals surface area contributed by atoms with Gasteiger partial charge in [-0.25, -0.2) is 8.42 Å². The van der Waals surface area contributed by atoms with Crippen molar-refractivity contribution in [2.75, 3.05) is 39.0 Å². The van der Waals surface area contributed by atoms with Crippen molar-refractivity contribution >= 4 is 21.6 Å². The summed E-state index contributed by atoms with van der Waals surface area (Å²) >= 11 is 5.90. The van der Waals surface area contributed by atoms with E-state index in [1.807, 2.05) is 12.1 Å². The zero-order valence-corrected chi connectivity index (χ0v) is 12.9. The van der Waals surface area contributed by atoms with Gasteiger partial charge in [-0.15, -0.1) is 0 Å². The van der Waals surface area contributed by atoms with E-state index < -0.39 is 16.1 Å². The first-order valence-corrected chi connectivity index (χ1v) is 8.70. The van der Waals surface area contributed by atoms with Crippen molar-refractivity contribution in [1.29, 1.82) is 0 Å². The lowest BCUT2D eigenvalue weighted by Crippen LogP contribution is -2.49. The normalized spacial score (nSPS) is 19.9. The van der Waals surface area contributed by atoms with Gasteiger partial charge in [-0.3, -0.25) is 4.90 Å². The molecular formula is C13H19ClN2O3S. The molecule has 1 aliphatic heterocycles. The summed E-state index contributed by atoms with van der Waals surface area (Å²) < 4.78 is 24.3. The summed E-state index contributed by atoms with van der Waals surface area (Å²) in [5.74, 6) is 0. The highest BCUT2D eigenvalue weighted by Crippen LogP contribution is 2.19. The maximum atomic E-state index is 11.4. The maximum absolute atomic E-state index is 11.4. The van der Waals surface area contributed by atoms with E-state index in [-0.39, 0.29) is 0 Å². The molecule has 20 heavy (non-hydrogen) atoms. The number of aliphatic hydroxyl groups excluding tert-OH is 1. The molecular weight excluding hydrogens is 300 g/mol. The third-order valence-corrected chi connectivity index (χ3v) is 5.00. The quantitative estimate of drug-likeness (QED) is 0.898. The Labute approximate surface area is 124 Å². The van der Waals surface area contributed by atoms with Crippen LogP contribution in [0.1, 0.15) is 11.7 Å². The van der Waals surface area contributed by atoms with Gasteiger partial charge in [0.15, 0.2) is 0 Å². The number of rotatable bonds is 4. The third-order valence-electron chi connectivity index (χ3n) is 3.46. The van der Waals surface area contributed by atoms with Crippen molar-refractivity contribution < 1.29 is 13.5 Å². The summed E-state index contributed by atoms with van der Waals surface area (Å²) in [5.41, 5.74) is 0.781. The van der Waals surface area contributed by atoms with E-state index in [0.29, 0.717) is 37.7 Å². The first kappa shape index (κ1) is 15.7. The van der Waals surface area contributed by atoms with Crippen LogP contribution in [0, 0.1) is 0 Å². The summed E-state index contributed by atoms with van der Waals surface area (Å²) in [4.78, 5) is 2.06. The second-order valence-corrected chi connectivity index (χ2v) is 7.45. The molecule has 1 unspecified atom stereocenters. The van der Waals surface area contributed by atoms with Crippen LogP contribution in [0.2, 0.25) is 5.02 Å². The highest BCUT2D eigenvalue weighted by molar-refractivity contribution is 7.88. The molecule has 0 spiro atoms. The SMILES string of the molecule is CS(=O)(=O)N1CCN(CC(O)c2cccc(Cl)c2)CC1. The number of aliphatic hydroxyl groups is 1. The number of β-amino-alcohol motifs (C(OH)–C–C–N with tert-alkyl or cyclic N) is 1. The standard InChI is InChI=1S/C13H19ClN2O3S/c1-20(18,19)16-7-5-15(6-8-16)10-13(17)11-3-2-4-12(14)9-11/h2-4,9,13,17H,5-8,10H2,1H3. The summed E-state index contributed by atoms with van der Waals surface area (Å²) in [6.45, 7) is 2.69. The largest absolute Gasteiger partial charge is 0.387 e. The van der Waals surface area contributed by atoms with Crippen LogP contribution in [0.4, 0.5) is 0 Å². The predicted molar refractivity (Wildman–Crippen MR) is 79.3 cm³/mol. The van der Waals surface area contributed by atoms with E-state index >= 15 is 0 Å². The Hall–Kier alpha value is -0.660. The van der Waals surface area contributed by atoms with E-state index in [1.165, 1.54) is 10.6 Å². The molecule has 1 aliphatic rings. The molecule has 0 amide bonds. The van der Waals surface area contributed by atoms with Gasteiger partial charge in [0.1, 0.15) is 0 Å². The van der Waals surface area contributed by atoms with Gasteiger partial charge in [-0.2, -0.15) is 4.31 Å². The number of halogens is 1. The molecule has 1 saturated heterocycles. The monoisotopic (exact) mass is 318 g/mol. The van der Waals surface area contributed by atoms with Crippen LogP contribution in [-0.4, -0.2) is 61.7 Å². The molecule has 112 valence electrons. The fourth-order valence-electron chi connectivity index (χ4n) is 2.31. The smallest absolute Gasteiger partial charge is 0.211 e. The number of hydrogen-bond acceptors (Lipinski definition) is 4. The number of piperazine rings is 1. The van der Waals surface area contributed by atoms with Gasteiger partial charge in [0.2, 0.25) is 10.0 Å². The first-order valence-electron chi connectivity index (χ1n) is 6.47. The minimum Gasteiger partial charge on any atom is -0.387 e. The van der Waals surface area contributed by atoms with Crippen molar-refractivity contribution in [3.63, 3.8) is 0 Å². The molecule has 1 atom stereocenters. The molecule has 0 radical (unpaired) electrons. The topological polar surface area (TPSA) is 60.9 Å². The number of sulfonamides is 1. The van der Waals surface area contributed by atoms with E-state index in [9.17, 15) is 13.5 Å². The Morgan fingerprint density at radius 2 is 1.95 bits per heavy atom. The van der Waals surface area contributed by atoms with Gasteiger partial charge < -0.3 is 5.11 Å². The molecule has 2 rings (SSSR count). The van der Waals surface area contributed by atoms with Crippen LogP contribution in [0.5, 0.6) is 0 Å². The van der Waals surface area contributed by atoms with Crippen molar-refractivity contribution in [3.05, 3.63) is 34.9 Å². The molecule has 0 bridgehead atoms. The van der Waals surface area contributed by atoms with Gasteiger partial charge in [0.25, 0.3) is 0 Å². The van der Waals surface area contributed by atoms with Gasteiger partial charge in [0, 0.05) is 37.7 Å². The van der Waals surface area contributed by atoms with Crippen LogP contribution in [0.3, 0.4) is 0 Å². The fourth-order valence-corrected chi connectivity index (χ4v) is 3.33. The van der Waals surface area contributed by atoms with Crippen LogP contribution >= 0.6 is 11.6 Å².